The predicted molar refractivity (Wildman–Crippen MR) is 67.1 cm³/mol. The molecule has 0 spiro atoms. The highest BCUT2D eigenvalue weighted by molar-refractivity contribution is 5.80. The van der Waals surface area contributed by atoms with Gasteiger partial charge in [-0.15, -0.1) is 0 Å². The van der Waals surface area contributed by atoms with Crippen LogP contribution in [0.2, 0.25) is 0 Å². The van der Waals surface area contributed by atoms with Crippen molar-refractivity contribution in [2.24, 2.45) is 5.92 Å². The van der Waals surface area contributed by atoms with E-state index in [0.717, 1.165) is 36.1 Å². The van der Waals surface area contributed by atoms with Gasteiger partial charge in [0.2, 0.25) is 0 Å². The lowest BCUT2D eigenvalue weighted by atomic mass is 10.0. The van der Waals surface area contributed by atoms with Crippen molar-refractivity contribution in [3.05, 3.63) is 40.4 Å². The first-order valence-electron chi connectivity index (χ1n) is 5.91. The molecular weight excluding hydrogens is 214 g/mol. The van der Waals surface area contributed by atoms with Gasteiger partial charge in [-0.05, 0) is 18.6 Å². The molecular formula is C13H15N3O. The zero-order chi connectivity index (χ0) is 11.8. The number of rotatable bonds is 2. The lowest BCUT2D eigenvalue weighted by molar-refractivity contribution is 0.303. The molecule has 0 unspecified atom stereocenters. The lowest BCUT2D eigenvalue weighted by Crippen LogP contribution is -2.45. The van der Waals surface area contributed by atoms with E-state index < -0.39 is 0 Å². The van der Waals surface area contributed by atoms with E-state index in [9.17, 15) is 4.79 Å². The van der Waals surface area contributed by atoms with Crippen molar-refractivity contribution < 1.29 is 0 Å². The molecule has 4 nitrogen and oxygen atoms in total. The average molecular weight is 229 g/mol. The second-order valence-corrected chi connectivity index (χ2v) is 4.70. The van der Waals surface area contributed by atoms with Gasteiger partial charge in [0.05, 0.1) is 17.2 Å². The monoisotopic (exact) mass is 229 g/mol. The normalized spacial score (nSPS) is 16.1. The summed E-state index contributed by atoms with van der Waals surface area (Å²) in [7, 11) is 0. The Hall–Kier alpha value is -1.68. The molecule has 1 N–H and O–H groups in total. The molecule has 1 aromatic heterocycles. The second-order valence-electron chi connectivity index (χ2n) is 4.70. The molecule has 4 heteroatoms. The topological polar surface area (TPSA) is 46.9 Å². The van der Waals surface area contributed by atoms with E-state index in [1.807, 2.05) is 25.1 Å². The average Bonchev–Trinajstić information content (AvgIpc) is 2.26. The third-order valence-corrected chi connectivity index (χ3v) is 3.38. The molecule has 1 fully saturated rings. The molecule has 2 heterocycles. The van der Waals surface area contributed by atoms with Crippen molar-refractivity contribution in [3.63, 3.8) is 0 Å². The van der Waals surface area contributed by atoms with Gasteiger partial charge in [0.25, 0.3) is 5.56 Å². The lowest BCUT2D eigenvalue weighted by Gasteiger charge is -2.27. The zero-order valence-corrected chi connectivity index (χ0v) is 9.81. The molecule has 0 aliphatic carbocycles. The van der Waals surface area contributed by atoms with Crippen molar-refractivity contribution in [1.29, 1.82) is 0 Å². The number of fused-ring (bicyclic) bond motifs is 1. The van der Waals surface area contributed by atoms with Crippen molar-refractivity contribution in [3.8, 4) is 0 Å². The van der Waals surface area contributed by atoms with E-state index in [4.69, 9.17) is 0 Å². The molecule has 17 heavy (non-hydrogen) atoms. The minimum absolute atomic E-state index is 0.0833. The van der Waals surface area contributed by atoms with Crippen LogP contribution in [0.3, 0.4) is 0 Å². The summed E-state index contributed by atoms with van der Waals surface area (Å²) < 4.78 is 1.74. The molecule has 1 aliphatic heterocycles. The molecule has 1 saturated heterocycles. The van der Waals surface area contributed by atoms with Crippen LogP contribution >= 0.6 is 0 Å². The first-order chi connectivity index (χ1) is 8.25. The fraction of sp³-hybridized carbons (Fsp3) is 0.385. The minimum Gasteiger partial charge on any atom is -0.316 e. The van der Waals surface area contributed by atoms with Crippen LogP contribution in [0.25, 0.3) is 10.9 Å². The number of nitrogens with one attached hydrogen (secondary N) is 1. The van der Waals surface area contributed by atoms with Crippen LogP contribution in [0.1, 0.15) is 5.56 Å². The first kappa shape index (κ1) is 10.5. The van der Waals surface area contributed by atoms with Crippen LogP contribution < -0.4 is 10.9 Å². The SMILES string of the molecule is Cc1cccc2ncn(CC3CNC3)c(=O)c12. The van der Waals surface area contributed by atoms with Crippen LogP contribution in [-0.4, -0.2) is 22.6 Å². The van der Waals surface area contributed by atoms with Crippen molar-refractivity contribution in [2.45, 2.75) is 13.5 Å². The number of nitrogens with zero attached hydrogens (tertiary/aromatic N) is 2. The molecule has 88 valence electrons. The highest BCUT2D eigenvalue weighted by atomic mass is 16.1. The Morgan fingerprint density at radius 2 is 2.29 bits per heavy atom. The van der Waals surface area contributed by atoms with E-state index in [1.165, 1.54) is 0 Å². The highest BCUT2D eigenvalue weighted by Gasteiger charge is 2.18. The quantitative estimate of drug-likeness (QED) is 0.833. The van der Waals surface area contributed by atoms with Crippen molar-refractivity contribution >= 4 is 10.9 Å². The molecule has 0 amide bonds. The zero-order valence-electron chi connectivity index (χ0n) is 9.81. The number of aryl methyl sites for hydroxylation is 1. The number of benzene rings is 1. The summed E-state index contributed by atoms with van der Waals surface area (Å²) >= 11 is 0. The van der Waals surface area contributed by atoms with E-state index in [2.05, 4.69) is 10.3 Å². The second kappa shape index (κ2) is 3.96. The van der Waals surface area contributed by atoms with E-state index in [-0.39, 0.29) is 5.56 Å². The number of aromatic nitrogens is 2. The number of hydrogen-bond acceptors (Lipinski definition) is 3. The summed E-state index contributed by atoms with van der Waals surface area (Å²) in [6.45, 7) is 4.72. The van der Waals surface area contributed by atoms with Gasteiger partial charge in [0, 0.05) is 25.6 Å². The van der Waals surface area contributed by atoms with Gasteiger partial charge < -0.3 is 5.32 Å². The van der Waals surface area contributed by atoms with Crippen molar-refractivity contribution in [2.75, 3.05) is 13.1 Å². The molecule has 1 aliphatic rings. The van der Waals surface area contributed by atoms with Gasteiger partial charge in [-0.1, -0.05) is 12.1 Å². The van der Waals surface area contributed by atoms with Crippen LogP contribution in [0.15, 0.2) is 29.3 Å². The Labute approximate surface area is 99.3 Å². The first-order valence-corrected chi connectivity index (χ1v) is 5.91. The summed E-state index contributed by atoms with van der Waals surface area (Å²) in [6.07, 6.45) is 1.67. The molecule has 3 rings (SSSR count). The van der Waals surface area contributed by atoms with Gasteiger partial charge in [0.15, 0.2) is 0 Å². The maximum atomic E-state index is 12.3. The third kappa shape index (κ3) is 1.74. The Balaban J connectivity index is 2.11. The molecule has 0 atom stereocenters. The van der Waals surface area contributed by atoms with E-state index in [1.54, 1.807) is 10.9 Å². The fourth-order valence-electron chi connectivity index (χ4n) is 2.25. The summed E-state index contributed by atoms with van der Waals surface area (Å²) in [6, 6.07) is 5.78. The van der Waals surface area contributed by atoms with Crippen LogP contribution in [0.4, 0.5) is 0 Å². The van der Waals surface area contributed by atoms with Crippen LogP contribution in [0.5, 0.6) is 0 Å². The van der Waals surface area contributed by atoms with Gasteiger partial charge in [-0.25, -0.2) is 4.98 Å². The van der Waals surface area contributed by atoms with Crippen molar-refractivity contribution in [1.82, 2.24) is 14.9 Å². The summed E-state index contributed by atoms with van der Waals surface area (Å²) in [5, 5.41) is 3.97. The summed E-state index contributed by atoms with van der Waals surface area (Å²) in [5.74, 6) is 0.566. The maximum Gasteiger partial charge on any atom is 0.261 e. The smallest absolute Gasteiger partial charge is 0.261 e. The van der Waals surface area contributed by atoms with E-state index >= 15 is 0 Å². The summed E-state index contributed by atoms with van der Waals surface area (Å²) in [4.78, 5) is 16.7. The molecule has 2 aromatic rings. The largest absolute Gasteiger partial charge is 0.316 e. The maximum absolute atomic E-state index is 12.3. The standard InChI is InChI=1S/C13H15N3O/c1-9-3-2-4-11-12(9)13(17)16(8-15-11)7-10-5-14-6-10/h2-4,8,10,14H,5-7H2,1H3. The van der Waals surface area contributed by atoms with Gasteiger partial charge >= 0.3 is 0 Å². The predicted octanol–water partition coefficient (Wildman–Crippen LogP) is 0.924. The molecule has 0 bridgehead atoms. The van der Waals surface area contributed by atoms with Gasteiger partial charge in [-0.3, -0.25) is 9.36 Å². The minimum atomic E-state index is 0.0833. The van der Waals surface area contributed by atoms with Gasteiger partial charge in [0.1, 0.15) is 0 Å². The Bertz CT molecular complexity index is 614. The molecule has 1 aromatic carbocycles. The third-order valence-electron chi connectivity index (χ3n) is 3.38. The van der Waals surface area contributed by atoms with Crippen LogP contribution in [0, 0.1) is 12.8 Å². The van der Waals surface area contributed by atoms with E-state index in [0.29, 0.717) is 5.92 Å². The molecule has 0 radical (unpaired) electrons. The fourth-order valence-corrected chi connectivity index (χ4v) is 2.25. The Morgan fingerprint density at radius 3 is 3.00 bits per heavy atom. The highest BCUT2D eigenvalue weighted by Crippen LogP contribution is 2.12. The van der Waals surface area contributed by atoms with Crippen LogP contribution in [-0.2, 0) is 6.54 Å². The Kier molecular flexibility index (Phi) is 2.44. The number of hydrogen-bond donors (Lipinski definition) is 1. The summed E-state index contributed by atoms with van der Waals surface area (Å²) in [5.41, 5.74) is 1.87. The Morgan fingerprint density at radius 1 is 1.47 bits per heavy atom. The molecule has 0 saturated carbocycles. The van der Waals surface area contributed by atoms with Gasteiger partial charge in [-0.2, -0.15) is 0 Å².